The van der Waals surface area contributed by atoms with Crippen LogP contribution in [0.15, 0.2) is 36.7 Å². The Morgan fingerprint density at radius 2 is 1.23 bits per heavy atom. The highest BCUT2D eigenvalue weighted by atomic mass is 16.5. The van der Waals surface area contributed by atoms with E-state index in [9.17, 15) is 9.59 Å². The first kappa shape index (κ1) is 22.4. The molecule has 0 bridgehead atoms. The summed E-state index contributed by atoms with van der Waals surface area (Å²) >= 11 is 0. The second-order valence-corrected chi connectivity index (χ2v) is 6.92. The van der Waals surface area contributed by atoms with E-state index in [4.69, 9.17) is 14.2 Å². The summed E-state index contributed by atoms with van der Waals surface area (Å²) < 4.78 is 17.1. The van der Waals surface area contributed by atoms with E-state index >= 15 is 0 Å². The van der Waals surface area contributed by atoms with Gasteiger partial charge >= 0.3 is 0 Å². The van der Waals surface area contributed by atoms with Gasteiger partial charge in [-0.1, -0.05) is 0 Å². The van der Waals surface area contributed by atoms with Crippen molar-refractivity contribution in [2.45, 2.75) is 20.8 Å². The highest BCUT2D eigenvalue weighted by Gasteiger charge is 2.27. The predicted octanol–water partition coefficient (Wildman–Crippen LogP) is 2.88. The van der Waals surface area contributed by atoms with Crippen molar-refractivity contribution in [3.63, 3.8) is 0 Å². The fraction of sp³-hybridized carbons (Fsp3) is 0.435. The zero-order valence-corrected chi connectivity index (χ0v) is 18.3. The van der Waals surface area contributed by atoms with E-state index in [1.807, 2.05) is 20.8 Å². The maximum Gasteiger partial charge on any atom is 0.254 e. The molecule has 0 radical (unpaired) electrons. The van der Waals surface area contributed by atoms with Crippen molar-refractivity contribution in [2.75, 3.05) is 46.0 Å². The van der Waals surface area contributed by atoms with Gasteiger partial charge in [0.1, 0.15) is 0 Å². The minimum atomic E-state index is -0.124. The largest absolute Gasteiger partial charge is 0.490 e. The molecule has 0 aliphatic carbocycles. The number of piperazine rings is 1. The molecule has 1 aromatic heterocycles. The molecule has 1 saturated heterocycles. The lowest BCUT2D eigenvalue weighted by Gasteiger charge is -2.35. The number of rotatable bonds is 8. The van der Waals surface area contributed by atoms with Gasteiger partial charge in [-0.2, -0.15) is 0 Å². The summed E-state index contributed by atoms with van der Waals surface area (Å²) in [6, 6.07) is 6.80. The number of amides is 2. The molecular formula is C23H29N3O5. The average molecular weight is 428 g/mol. The van der Waals surface area contributed by atoms with Crippen LogP contribution in [-0.4, -0.2) is 72.6 Å². The van der Waals surface area contributed by atoms with Gasteiger partial charge in [0.05, 0.1) is 19.8 Å². The van der Waals surface area contributed by atoms with Crippen LogP contribution in [-0.2, 0) is 0 Å². The van der Waals surface area contributed by atoms with Crippen LogP contribution < -0.4 is 14.2 Å². The number of nitrogens with zero attached hydrogens (tertiary/aromatic N) is 3. The summed E-state index contributed by atoms with van der Waals surface area (Å²) in [5.41, 5.74) is 1.08. The highest BCUT2D eigenvalue weighted by molar-refractivity contribution is 5.96. The Balaban J connectivity index is 1.74. The van der Waals surface area contributed by atoms with Crippen molar-refractivity contribution in [1.29, 1.82) is 0 Å². The smallest absolute Gasteiger partial charge is 0.254 e. The second kappa shape index (κ2) is 10.7. The zero-order valence-electron chi connectivity index (χ0n) is 18.3. The summed E-state index contributed by atoms with van der Waals surface area (Å²) in [4.78, 5) is 33.3. The fourth-order valence-corrected chi connectivity index (χ4v) is 3.48. The summed E-state index contributed by atoms with van der Waals surface area (Å²) in [7, 11) is 0. The van der Waals surface area contributed by atoms with Crippen LogP contribution in [0.1, 0.15) is 41.5 Å². The third-order valence-electron chi connectivity index (χ3n) is 4.94. The Kier molecular flexibility index (Phi) is 7.70. The van der Waals surface area contributed by atoms with E-state index in [-0.39, 0.29) is 11.8 Å². The third-order valence-corrected chi connectivity index (χ3v) is 4.94. The molecule has 0 saturated carbocycles. The lowest BCUT2D eigenvalue weighted by Crippen LogP contribution is -2.50. The zero-order chi connectivity index (χ0) is 22.2. The molecule has 1 aromatic carbocycles. The maximum absolute atomic E-state index is 13.2. The maximum atomic E-state index is 13.2. The molecule has 0 spiro atoms. The predicted molar refractivity (Wildman–Crippen MR) is 116 cm³/mol. The fourth-order valence-electron chi connectivity index (χ4n) is 3.48. The molecule has 1 aliphatic rings. The average Bonchev–Trinajstić information content (AvgIpc) is 2.81. The van der Waals surface area contributed by atoms with Crippen molar-refractivity contribution in [3.05, 3.63) is 47.8 Å². The first-order valence-electron chi connectivity index (χ1n) is 10.6. The summed E-state index contributed by atoms with van der Waals surface area (Å²) in [5, 5.41) is 0. The molecular weight excluding hydrogens is 398 g/mol. The number of hydrogen-bond acceptors (Lipinski definition) is 6. The first-order valence-corrected chi connectivity index (χ1v) is 10.6. The van der Waals surface area contributed by atoms with Gasteiger partial charge in [-0.05, 0) is 45.0 Å². The lowest BCUT2D eigenvalue weighted by molar-refractivity contribution is 0.0535. The quantitative estimate of drug-likeness (QED) is 0.644. The molecule has 0 unspecified atom stereocenters. The number of ether oxygens (including phenoxy) is 3. The Morgan fingerprint density at radius 1 is 0.774 bits per heavy atom. The van der Waals surface area contributed by atoms with Crippen LogP contribution in [0.25, 0.3) is 0 Å². The minimum absolute atomic E-state index is 0.0483. The molecule has 1 fully saturated rings. The number of benzene rings is 1. The summed E-state index contributed by atoms with van der Waals surface area (Å²) in [6.45, 7) is 8.85. The highest BCUT2D eigenvalue weighted by Crippen LogP contribution is 2.39. The van der Waals surface area contributed by atoms with Gasteiger partial charge in [0.25, 0.3) is 11.8 Å². The molecule has 8 heteroatoms. The van der Waals surface area contributed by atoms with E-state index in [0.717, 1.165) is 0 Å². The molecule has 1 aliphatic heterocycles. The Morgan fingerprint density at radius 3 is 1.68 bits per heavy atom. The van der Waals surface area contributed by atoms with E-state index in [0.29, 0.717) is 74.4 Å². The van der Waals surface area contributed by atoms with Gasteiger partial charge < -0.3 is 24.0 Å². The van der Waals surface area contributed by atoms with E-state index in [1.165, 1.54) is 0 Å². The van der Waals surface area contributed by atoms with Crippen molar-refractivity contribution in [2.24, 2.45) is 0 Å². The SMILES string of the molecule is CCOc1cc(C(=O)N2CCN(C(=O)c3ccncc3)CC2)cc(OCC)c1OCC. The standard InChI is InChI=1S/C23H29N3O5/c1-4-29-19-15-18(16-20(30-5-2)21(19)31-6-3)23(28)26-13-11-25(12-14-26)22(27)17-7-9-24-10-8-17/h7-10,15-16H,4-6,11-14H2,1-3H3. The minimum Gasteiger partial charge on any atom is -0.490 e. The van der Waals surface area contributed by atoms with Crippen LogP contribution in [0.2, 0.25) is 0 Å². The van der Waals surface area contributed by atoms with E-state index in [1.54, 1.807) is 46.5 Å². The van der Waals surface area contributed by atoms with E-state index < -0.39 is 0 Å². The van der Waals surface area contributed by atoms with Crippen LogP contribution in [0.5, 0.6) is 17.2 Å². The summed E-state index contributed by atoms with van der Waals surface area (Å²) in [6.07, 6.45) is 3.20. The lowest BCUT2D eigenvalue weighted by atomic mass is 10.1. The van der Waals surface area contributed by atoms with Gasteiger partial charge in [-0.25, -0.2) is 0 Å². The van der Waals surface area contributed by atoms with Crippen molar-refractivity contribution < 1.29 is 23.8 Å². The Bertz CT molecular complexity index is 868. The molecule has 8 nitrogen and oxygen atoms in total. The normalized spacial score (nSPS) is 13.6. The van der Waals surface area contributed by atoms with Gasteiger partial charge in [0.15, 0.2) is 11.5 Å². The van der Waals surface area contributed by atoms with Crippen molar-refractivity contribution in [3.8, 4) is 17.2 Å². The van der Waals surface area contributed by atoms with Crippen molar-refractivity contribution >= 4 is 11.8 Å². The molecule has 2 aromatic rings. The van der Waals surface area contributed by atoms with Gasteiger partial charge in [0.2, 0.25) is 5.75 Å². The monoisotopic (exact) mass is 427 g/mol. The molecule has 3 rings (SSSR count). The molecule has 0 atom stereocenters. The molecule has 166 valence electrons. The Labute approximate surface area is 182 Å². The number of hydrogen-bond donors (Lipinski definition) is 0. The van der Waals surface area contributed by atoms with E-state index in [2.05, 4.69) is 4.98 Å². The van der Waals surface area contributed by atoms with Gasteiger partial charge in [0, 0.05) is 49.7 Å². The van der Waals surface area contributed by atoms with Gasteiger partial charge in [-0.15, -0.1) is 0 Å². The second-order valence-electron chi connectivity index (χ2n) is 6.92. The summed E-state index contributed by atoms with van der Waals surface area (Å²) in [5.74, 6) is 1.32. The first-order chi connectivity index (χ1) is 15.1. The van der Waals surface area contributed by atoms with Crippen LogP contribution in [0.4, 0.5) is 0 Å². The Hall–Kier alpha value is -3.29. The van der Waals surface area contributed by atoms with Crippen molar-refractivity contribution in [1.82, 2.24) is 14.8 Å². The molecule has 2 heterocycles. The number of carbonyl (C=O) groups excluding carboxylic acids is 2. The van der Waals surface area contributed by atoms with Gasteiger partial charge in [-0.3, -0.25) is 14.6 Å². The number of pyridine rings is 1. The number of aromatic nitrogens is 1. The topological polar surface area (TPSA) is 81.2 Å². The van der Waals surface area contributed by atoms with Crippen LogP contribution >= 0.6 is 0 Å². The third kappa shape index (κ3) is 5.25. The van der Waals surface area contributed by atoms with Crippen LogP contribution in [0.3, 0.4) is 0 Å². The van der Waals surface area contributed by atoms with Crippen LogP contribution in [0, 0.1) is 0 Å². The number of carbonyl (C=O) groups is 2. The molecule has 2 amide bonds. The molecule has 31 heavy (non-hydrogen) atoms. The molecule has 0 N–H and O–H groups in total.